The summed E-state index contributed by atoms with van der Waals surface area (Å²) < 4.78 is 11.4. The zero-order valence-electron chi connectivity index (χ0n) is 15.3. The number of imide groups is 2. The molecule has 0 radical (unpaired) electrons. The summed E-state index contributed by atoms with van der Waals surface area (Å²) in [5, 5.41) is 0. The maximum absolute atomic E-state index is 12.1. The van der Waals surface area contributed by atoms with Crippen LogP contribution in [-0.4, -0.2) is 61.1 Å². The van der Waals surface area contributed by atoms with Gasteiger partial charge in [-0.15, -0.1) is 0 Å². The van der Waals surface area contributed by atoms with E-state index in [1.165, 1.54) is 12.6 Å². The molecule has 140 valence electrons. The number of fused-ring (bicyclic) bond motifs is 1. The second-order valence-corrected chi connectivity index (χ2v) is 6.40. The second kappa shape index (κ2) is 7.33. The first-order valence-corrected chi connectivity index (χ1v) is 8.84. The molecule has 0 aromatic heterocycles. The summed E-state index contributed by atoms with van der Waals surface area (Å²) in [5.41, 5.74) is 2.30. The van der Waals surface area contributed by atoms with Crippen molar-refractivity contribution in [1.29, 1.82) is 0 Å². The van der Waals surface area contributed by atoms with E-state index in [0.29, 0.717) is 25.5 Å². The molecule has 0 spiro atoms. The van der Waals surface area contributed by atoms with Crippen LogP contribution in [0.4, 0.5) is 4.79 Å². The van der Waals surface area contributed by atoms with Gasteiger partial charge in [-0.1, -0.05) is 0 Å². The third-order valence-corrected chi connectivity index (χ3v) is 4.69. The summed E-state index contributed by atoms with van der Waals surface area (Å²) in [6.07, 6.45) is 0.803. The Kier molecular flexibility index (Phi) is 5.13. The minimum atomic E-state index is -0.771. The van der Waals surface area contributed by atoms with Gasteiger partial charge < -0.3 is 14.4 Å². The van der Waals surface area contributed by atoms with Crippen molar-refractivity contribution in [3.05, 3.63) is 23.3 Å². The summed E-state index contributed by atoms with van der Waals surface area (Å²) in [6.45, 7) is 6.56. The predicted octanol–water partition coefficient (Wildman–Crippen LogP) is -0.197. The number of quaternary nitrogens is 1. The number of nitrogens with one attached hydrogen (secondary N) is 1. The lowest BCUT2D eigenvalue weighted by Gasteiger charge is -2.29. The minimum Gasteiger partial charge on any atom is -0.490 e. The van der Waals surface area contributed by atoms with Crippen LogP contribution < -0.4 is 14.4 Å². The maximum Gasteiger partial charge on any atom is 0.338 e. The predicted molar refractivity (Wildman–Crippen MR) is 91.9 cm³/mol. The number of likely N-dealkylation sites (N-methyl/N-ethyl adjacent to an activating group) is 1. The zero-order valence-corrected chi connectivity index (χ0v) is 15.3. The molecule has 1 atom stereocenters. The molecule has 1 N–H and O–H groups in total. The molecule has 1 aromatic carbocycles. The van der Waals surface area contributed by atoms with Crippen molar-refractivity contribution in [3.8, 4) is 11.5 Å². The molecule has 2 aliphatic rings. The minimum absolute atomic E-state index is 0.185. The van der Waals surface area contributed by atoms with Crippen molar-refractivity contribution >= 4 is 17.8 Å². The van der Waals surface area contributed by atoms with E-state index in [-0.39, 0.29) is 6.67 Å². The van der Waals surface area contributed by atoms with Crippen LogP contribution in [0.5, 0.6) is 11.5 Å². The molecule has 0 bridgehead atoms. The highest BCUT2D eigenvalue weighted by Gasteiger charge is 2.44. The van der Waals surface area contributed by atoms with Crippen LogP contribution in [0.15, 0.2) is 12.1 Å². The Morgan fingerprint density at radius 3 is 2.15 bits per heavy atom. The second-order valence-electron chi connectivity index (χ2n) is 6.40. The van der Waals surface area contributed by atoms with Crippen LogP contribution in [0, 0.1) is 0 Å². The van der Waals surface area contributed by atoms with E-state index in [1.807, 2.05) is 26.0 Å². The molecule has 8 heteroatoms. The van der Waals surface area contributed by atoms with Crippen LogP contribution >= 0.6 is 0 Å². The van der Waals surface area contributed by atoms with Crippen LogP contribution in [0.25, 0.3) is 0 Å². The number of hydrogen-bond acceptors (Lipinski definition) is 5. The van der Waals surface area contributed by atoms with Crippen molar-refractivity contribution in [2.24, 2.45) is 0 Å². The van der Waals surface area contributed by atoms with Crippen molar-refractivity contribution in [1.82, 2.24) is 9.80 Å². The van der Waals surface area contributed by atoms with E-state index in [0.717, 1.165) is 39.0 Å². The Hall–Kier alpha value is -2.61. The largest absolute Gasteiger partial charge is 0.490 e. The van der Waals surface area contributed by atoms with Gasteiger partial charge in [0.15, 0.2) is 18.2 Å². The Balaban J connectivity index is 1.77. The van der Waals surface area contributed by atoms with Crippen LogP contribution in [0.2, 0.25) is 0 Å². The van der Waals surface area contributed by atoms with Gasteiger partial charge in [-0.2, -0.15) is 0 Å². The summed E-state index contributed by atoms with van der Waals surface area (Å²) in [6, 6.07) is 3.44. The smallest absolute Gasteiger partial charge is 0.338 e. The van der Waals surface area contributed by atoms with Gasteiger partial charge >= 0.3 is 17.8 Å². The Bertz CT molecular complexity index is 749. The number of ether oxygens (including phenoxy) is 2. The van der Waals surface area contributed by atoms with E-state index >= 15 is 0 Å². The number of urea groups is 1. The quantitative estimate of drug-likeness (QED) is 0.560. The molecular formula is C18H24N3O5+. The first-order valence-electron chi connectivity index (χ1n) is 8.84. The number of amides is 4. The van der Waals surface area contributed by atoms with E-state index < -0.39 is 17.8 Å². The lowest BCUT2D eigenvalue weighted by molar-refractivity contribution is -0.923. The number of nitrogens with zero attached hydrogens (tertiary/aromatic N) is 2. The number of rotatable bonds is 6. The molecule has 0 aliphatic carbocycles. The summed E-state index contributed by atoms with van der Waals surface area (Å²) in [4.78, 5) is 38.6. The lowest BCUT2D eigenvalue weighted by atomic mass is 9.99. The molecule has 2 heterocycles. The van der Waals surface area contributed by atoms with Gasteiger partial charge in [-0.3, -0.25) is 14.5 Å². The summed E-state index contributed by atoms with van der Waals surface area (Å²) in [5.74, 6) is -0.0736. The van der Waals surface area contributed by atoms with Gasteiger partial charge in [-0.05, 0) is 31.5 Å². The van der Waals surface area contributed by atoms with Crippen LogP contribution in [0.3, 0.4) is 0 Å². The third kappa shape index (κ3) is 3.24. The van der Waals surface area contributed by atoms with Crippen LogP contribution in [-0.2, 0) is 22.6 Å². The highest BCUT2D eigenvalue weighted by molar-refractivity contribution is 6.44. The third-order valence-electron chi connectivity index (χ3n) is 4.69. The van der Waals surface area contributed by atoms with Crippen LogP contribution in [0.1, 0.15) is 25.0 Å². The fraction of sp³-hybridized carbons (Fsp3) is 0.500. The zero-order chi connectivity index (χ0) is 18.8. The summed E-state index contributed by atoms with van der Waals surface area (Å²) >= 11 is 0. The molecule has 1 aromatic rings. The topological polar surface area (TPSA) is 80.6 Å². The normalized spacial score (nSPS) is 19.8. The SMILES string of the molecule is CCOc1cc2c(cc1OCC)C[NH+](CN1C(=O)C(=O)N(C)C1=O)CC2. The molecule has 3 rings (SSSR count). The Labute approximate surface area is 152 Å². The molecule has 2 aliphatic heterocycles. The average molecular weight is 362 g/mol. The average Bonchev–Trinajstić information content (AvgIpc) is 2.80. The maximum atomic E-state index is 12.1. The number of hydrogen-bond donors (Lipinski definition) is 1. The molecule has 0 saturated carbocycles. The van der Waals surface area contributed by atoms with Gasteiger partial charge in [0, 0.05) is 19.0 Å². The Morgan fingerprint density at radius 1 is 1.00 bits per heavy atom. The van der Waals surface area contributed by atoms with Gasteiger partial charge in [0.2, 0.25) is 0 Å². The highest BCUT2D eigenvalue weighted by atomic mass is 16.5. The number of carbonyl (C=O) groups excluding carboxylic acids is 3. The number of carbonyl (C=O) groups is 3. The molecule has 8 nitrogen and oxygen atoms in total. The van der Waals surface area contributed by atoms with Crippen molar-refractivity contribution in [3.63, 3.8) is 0 Å². The molecule has 1 unspecified atom stereocenters. The van der Waals surface area contributed by atoms with Crippen molar-refractivity contribution in [2.45, 2.75) is 26.8 Å². The number of benzene rings is 1. The Morgan fingerprint density at radius 2 is 1.62 bits per heavy atom. The fourth-order valence-corrected chi connectivity index (χ4v) is 3.36. The van der Waals surface area contributed by atoms with Crippen molar-refractivity contribution in [2.75, 3.05) is 33.5 Å². The first-order chi connectivity index (χ1) is 12.5. The monoisotopic (exact) mass is 362 g/mol. The van der Waals surface area contributed by atoms with Crippen molar-refractivity contribution < 1.29 is 28.8 Å². The van der Waals surface area contributed by atoms with E-state index in [9.17, 15) is 14.4 Å². The molecular weight excluding hydrogens is 338 g/mol. The standard InChI is InChI=1S/C18H23N3O5/c1-4-25-14-8-12-6-7-20(10-13(12)9-15(14)26-5-2)11-21-17(23)16(22)19(3)18(21)24/h8-9H,4-7,10-11H2,1-3H3/p+1. The van der Waals surface area contributed by atoms with E-state index in [2.05, 4.69) is 0 Å². The highest BCUT2D eigenvalue weighted by Crippen LogP contribution is 2.32. The van der Waals surface area contributed by atoms with E-state index in [4.69, 9.17) is 9.47 Å². The molecule has 1 saturated heterocycles. The van der Waals surface area contributed by atoms with Gasteiger partial charge in [0.1, 0.15) is 6.54 Å². The van der Waals surface area contributed by atoms with Gasteiger partial charge in [0.05, 0.1) is 19.8 Å². The molecule has 26 heavy (non-hydrogen) atoms. The first kappa shape index (κ1) is 18.2. The van der Waals surface area contributed by atoms with Gasteiger partial charge in [0.25, 0.3) is 0 Å². The lowest BCUT2D eigenvalue weighted by Crippen LogP contribution is -3.13. The molecule has 4 amide bonds. The van der Waals surface area contributed by atoms with Gasteiger partial charge in [-0.25, -0.2) is 9.69 Å². The fourth-order valence-electron chi connectivity index (χ4n) is 3.36. The molecule has 1 fully saturated rings. The summed E-state index contributed by atoms with van der Waals surface area (Å²) in [7, 11) is 1.33. The van der Waals surface area contributed by atoms with E-state index in [1.54, 1.807) is 0 Å².